The molecule has 0 aromatic heterocycles. The van der Waals surface area contributed by atoms with Crippen molar-refractivity contribution in [2.45, 2.75) is 174 Å². The van der Waals surface area contributed by atoms with Gasteiger partial charge in [0.15, 0.2) is 6.10 Å². The van der Waals surface area contributed by atoms with Crippen molar-refractivity contribution in [1.82, 2.24) is 0 Å². The van der Waals surface area contributed by atoms with Crippen LogP contribution in [-0.4, -0.2) is 74.9 Å². The number of ether oxygens (including phenoxy) is 2. The van der Waals surface area contributed by atoms with Crippen LogP contribution in [0.25, 0.3) is 0 Å². The average Bonchev–Trinajstić information content (AvgIpc) is 3.06. The number of hydrogen-bond donors (Lipinski definition) is 1. The molecule has 50 heavy (non-hydrogen) atoms. The maximum atomic E-state index is 12.6. The zero-order chi connectivity index (χ0) is 37.2. The van der Waals surface area contributed by atoms with Gasteiger partial charge in [-0.05, 0) is 38.5 Å². The summed E-state index contributed by atoms with van der Waals surface area (Å²) in [5.41, 5.74) is 0. The number of phosphoric acid groups is 1. The Morgan fingerprint density at radius 1 is 0.620 bits per heavy atom. The molecule has 0 radical (unpaired) electrons. The fourth-order valence-corrected chi connectivity index (χ4v) is 6.03. The Bertz CT molecular complexity index is 918. The van der Waals surface area contributed by atoms with Crippen molar-refractivity contribution >= 4 is 19.8 Å². The molecule has 0 aliphatic rings. The van der Waals surface area contributed by atoms with Crippen LogP contribution in [0.2, 0.25) is 0 Å². The van der Waals surface area contributed by atoms with Crippen molar-refractivity contribution in [3.8, 4) is 0 Å². The Balaban J connectivity index is 4.45. The predicted octanol–water partition coefficient (Wildman–Crippen LogP) is 10.8. The molecule has 9 nitrogen and oxygen atoms in total. The third-order valence-corrected chi connectivity index (χ3v) is 9.47. The van der Waals surface area contributed by atoms with Gasteiger partial charge < -0.3 is 18.9 Å². The summed E-state index contributed by atoms with van der Waals surface area (Å²) in [5.74, 6) is -0.853. The molecule has 1 N–H and O–H groups in total. The van der Waals surface area contributed by atoms with Gasteiger partial charge in [0, 0.05) is 12.8 Å². The van der Waals surface area contributed by atoms with Crippen LogP contribution in [0.5, 0.6) is 0 Å². The summed E-state index contributed by atoms with van der Waals surface area (Å²) in [6.45, 7) is 4.34. The molecular formula is C40H77NO8P+. The summed E-state index contributed by atoms with van der Waals surface area (Å²) in [5, 5.41) is 0. The number of nitrogens with zero attached hydrogens (tertiary/aromatic N) is 1. The maximum absolute atomic E-state index is 12.6. The van der Waals surface area contributed by atoms with Gasteiger partial charge in [0.1, 0.15) is 19.8 Å². The number of carbonyl (C=O) groups excluding carboxylic acids is 2. The van der Waals surface area contributed by atoms with Crippen LogP contribution >= 0.6 is 7.82 Å². The number of carbonyl (C=O) groups is 2. The van der Waals surface area contributed by atoms with Gasteiger partial charge in [-0.2, -0.15) is 0 Å². The quantitative estimate of drug-likeness (QED) is 0.0223. The molecule has 0 aromatic rings. The molecule has 0 rings (SSSR count). The van der Waals surface area contributed by atoms with Crippen molar-refractivity contribution in [1.29, 1.82) is 0 Å². The van der Waals surface area contributed by atoms with Crippen molar-refractivity contribution in [3.63, 3.8) is 0 Å². The first-order chi connectivity index (χ1) is 24.0. The number of unbranched alkanes of at least 4 members (excludes halogenated alkanes) is 18. The Kier molecular flexibility index (Phi) is 32.3. The normalized spacial score (nSPS) is 14.0. The lowest BCUT2D eigenvalue weighted by Gasteiger charge is -2.24. The number of phosphoric ester groups is 1. The van der Waals surface area contributed by atoms with E-state index >= 15 is 0 Å². The van der Waals surface area contributed by atoms with Crippen LogP contribution in [-0.2, 0) is 32.7 Å². The first-order valence-corrected chi connectivity index (χ1v) is 21.6. The molecular weight excluding hydrogens is 653 g/mol. The molecule has 0 amide bonds. The fourth-order valence-electron chi connectivity index (χ4n) is 5.29. The van der Waals surface area contributed by atoms with Crippen LogP contribution < -0.4 is 0 Å². The molecule has 0 saturated carbocycles. The molecule has 0 saturated heterocycles. The van der Waals surface area contributed by atoms with Gasteiger partial charge in [-0.1, -0.05) is 141 Å². The molecule has 0 heterocycles. The summed E-state index contributed by atoms with van der Waals surface area (Å²) in [4.78, 5) is 35.1. The van der Waals surface area contributed by atoms with Crippen LogP contribution in [0.4, 0.5) is 0 Å². The second kappa shape index (κ2) is 33.3. The first-order valence-electron chi connectivity index (χ1n) is 20.1. The summed E-state index contributed by atoms with van der Waals surface area (Å²) < 4.78 is 34.1. The minimum absolute atomic E-state index is 0.0259. The van der Waals surface area contributed by atoms with E-state index in [0.29, 0.717) is 17.4 Å². The van der Waals surface area contributed by atoms with Crippen LogP contribution in [0, 0.1) is 0 Å². The minimum Gasteiger partial charge on any atom is -0.462 e. The summed E-state index contributed by atoms with van der Waals surface area (Å²) >= 11 is 0. The largest absolute Gasteiger partial charge is 0.472 e. The molecule has 2 atom stereocenters. The van der Waals surface area contributed by atoms with Gasteiger partial charge in [-0.15, -0.1) is 0 Å². The molecule has 0 bridgehead atoms. The topological polar surface area (TPSA) is 108 Å². The molecule has 0 aromatic carbocycles. The number of allylic oxidation sites excluding steroid dienone is 4. The lowest BCUT2D eigenvalue weighted by Crippen LogP contribution is -2.37. The third-order valence-electron chi connectivity index (χ3n) is 8.48. The number of esters is 2. The van der Waals surface area contributed by atoms with Gasteiger partial charge in [0.2, 0.25) is 0 Å². The molecule has 0 aliphatic carbocycles. The summed E-state index contributed by atoms with van der Waals surface area (Å²) in [7, 11) is 1.45. The lowest BCUT2D eigenvalue weighted by atomic mass is 10.1. The van der Waals surface area contributed by atoms with E-state index in [0.717, 1.165) is 38.5 Å². The number of quaternary nitrogens is 1. The molecule has 0 spiro atoms. The van der Waals surface area contributed by atoms with Gasteiger partial charge >= 0.3 is 19.8 Å². The van der Waals surface area contributed by atoms with Crippen molar-refractivity contribution in [2.24, 2.45) is 0 Å². The van der Waals surface area contributed by atoms with Gasteiger partial charge in [-0.3, -0.25) is 18.6 Å². The average molecular weight is 731 g/mol. The lowest BCUT2D eigenvalue weighted by molar-refractivity contribution is -0.870. The van der Waals surface area contributed by atoms with Crippen LogP contribution in [0.3, 0.4) is 0 Å². The van der Waals surface area contributed by atoms with Crippen molar-refractivity contribution in [2.75, 3.05) is 47.5 Å². The second-order valence-corrected chi connectivity index (χ2v) is 16.1. The molecule has 0 aliphatic heterocycles. The molecule has 294 valence electrons. The van der Waals surface area contributed by atoms with E-state index in [1.165, 1.54) is 96.3 Å². The monoisotopic (exact) mass is 731 g/mol. The van der Waals surface area contributed by atoms with Crippen molar-refractivity contribution < 1.29 is 42.1 Å². The van der Waals surface area contributed by atoms with E-state index in [4.69, 9.17) is 18.5 Å². The highest BCUT2D eigenvalue weighted by molar-refractivity contribution is 7.47. The predicted molar refractivity (Wildman–Crippen MR) is 206 cm³/mol. The van der Waals surface area contributed by atoms with E-state index in [2.05, 4.69) is 38.2 Å². The summed E-state index contributed by atoms with van der Waals surface area (Å²) in [6.07, 6.45) is 33.8. The maximum Gasteiger partial charge on any atom is 0.472 e. The highest BCUT2D eigenvalue weighted by Crippen LogP contribution is 2.43. The van der Waals surface area contributed by atoms with E-state index in [9.17, 15) is 19.0 Å². The Morgan fingerprint density at radius 2 is 1.10 bits per heavy atom. The van der Waals surface area contributed by atoms with E-state index < -0.39 is 26.5 Å². The van der Waals surface area contributed by atoms with E-state index in [1.54, 1.807) is 0 Å². The van der Waals surface area contributed by atoms with Crippen LogP contribution in [0.1, 0.15) is 168 Å². The standard InChI is InChI=1S/C40H76NO8P/c1-6-8-10-12-14-16-17-18-19-20-21-22-23-25-27-29-31-33-40(43)49-38(37-48-50(44,45)47-35-34-41(3,4)5)36-46-39(42)32-30-28-26-24-15-13-11-9-7-2/h21-22,25,27,38H,6-20,23-24,26,28-37H2,1-5H3/p+1/b22-21+,27-25+/t38-/m1/s1. The zero-order valence-electron chi connectivity index (χ0n) is 32.9. The fraction of sp³-hybridized carbons (Fsp3) is 0.850. The minimum atomic E-state index is -4.37. The van der Waals surface area contributed by atoms with Gasteiger partial charge in [0.05, 0.1) is 27.7 Å². The second-order valence-electron chi connectivity index (χ2n) is 14.7. The third kappa shape index (κ3) is 36.3. The molecule has 1 unspecified atom stereocenters. The molecule has 0 fully saturated rings. The van der Waals surface area contributed by atoms with Crippen LogP contribution in [0.15, 0.2) is 24.3 Å². The van der Waals surface area contributed by atoms with E-state index in [1.807, 2.05) is 21.1 Å². The first kappa shape index (κ1) is 48.5. The molecule has 10 heteroatoms. The van der Waals surface area contributed by atoms with Crippen molar-refractivity contribution in [3.05, 3.63) is 24.3 Å². The smallest absolute Gasteiger partial charge is 0.462 e. The highest BCUT2D eigenvalue weighted by atomic mass is 31.2. The van der Waals surface area contributed by atoms with E-state index in [-0.39, 0.29) is 32.0 Å². The summed E-state index contributed by atoms with van der Waals surface area (Å²) in [6, 6.07) is 0. The Labute approximate surface area is 307 Å². The van der Waals surface area contributed by atoms with Gasteiger partial charge in [-0.25, -0.2) is 4.57 Å². The zero-order valence-corrected chi connectivity index (χ0v) is 33.8. The SMILES string of the molecule is CCCCCCCCCCC/C=C/C/C=C/CCCC(=O)O[C@H](COC(=O)CCCCCCCCCCC)COP(=O)(O)OCC[N+](C)(C)C. The van der Waals surface area contributed by atoms with Gasteiger partial charge in [0.25, 0.3) is 0 Å². The Hall–Kier alpha value is -1.51. The number of rotatable bonds is 36. The number of hydrogen-bond acceptors (Lipinski definition) is 7. The highest BCUT2D eigenvalue weighted by Gasteiger charge is 2.27. The number of likely N-dealkylation sites (N-methyl/N-ethyl adjacent to an activating group) is 1. The Morgan fingerprint density at radius 3 is 1.64 bits per heavy atom.